The number of nitrogens with zero attached hydrogens (tertiary/aromatic N) is 4. The van der Waals surface area contributed by atoms with Crippen molar-refractivity contribution in [3.63, 3.8) is 0 Å². The quantitative estimate of drug-likeness (QED) is 0.683. The molecule has 3 aromatic rings. The van der Waals surface area contributed by atoms with Crippen LogP contribution in [0, 0.1) is 0 Å². The van der Waals surface area contributed by atoms with Crippen LogP contribution < -0.4 is 0 Å². The zero-order valence-electron chi connectivity index (χ0n) is 13.6. The monoisotopic (exact) mass is 346 g/mol. The summed E-state index contributed by atoms with van der Waals surface area (Å²) in [6.07, 6.45) is 4.26. The summed E-state index contributed by atoms with van der Waals surface area (Å²) < 4.78 is 1.23. The van der Waals surface area contributed by atoms with Gasteiger partial charge in [-0.05, 0) is 17.7 Å². The van der Waals surface area contributed by atoms with Crippen molar-refractivity contribution in [3.05, 3.63) is 90.0 Å². The van der Waals surface area contributed by atoms with E-state index in [0.29, 0.717) is 0 Å². The van der Waals surface area contributed by atoms with Crippen LogP contribution in [0.1, 0.15) is 26.3 Å². The summed E-state index contributed by atoms with van der Waals surface area (Å²) in [5, 5.41) is 2.04. The number of imide groups is 1. The number of hydrogen-bond donors (Lipinski definition) is 0. The van der Waals surface area contributed by atoms with Gasteiger partial charge in [0.1, 0.15) is 6.33 Å². The molecular formula is C19H14N4O3. The van der Waals surface area contributed by atoms with E-state index in [1.54, 1.807) is 24.3 Å². The molecule has 0 unspecified atom stereocenters. The first kappa shape index (κ1) is 15.8. The van der Waals surface area contributed by atoms with Crippen molar-refractivity contribution in [3.8, 4) is 0 Å². The van der Waals surface area contributed by atoms with Gasteiger partial charge in [-0.25, -0.2) is 14.8 Å². The third-order valence-corrected chi connectivity index (χ3v) is 4.14. The molecule has 0 atom stereocenters. The van der Waals surface area contributed by atoms with Crippen molar-refractivity contribution in [1.82, 2.24) is 19.6 Å². The van der Waals surface area contributed by atoms with Gasteiger partial charge in [0.2, 0.25) is 0 Å². The highest BCUT2D eigenvalue weighted by Gasteiger charge is 2.41. The maximum Gasteiger partial charge on any atom is 0.349 e. The van der Waals surface area contributed by atoms with Crippen LogP contribution in [0.25, 0.3) is 0 Å². The number of rotatable bonds is 3. The Bertz CT molecular complexity index is 948. The Morgan fingerprint density at radius 3 is 2.12 bits per heavy atom. The van der Waals surface area contributed by atoms with Crippen LogP contribution in [0.2, 0.25) is 0 Å². The number of benzene rings is 2. The van der Waals surface area contributed by atoms with E-state index in [2.05, 4.69) is 4.98 Å². The maximum atomic E-state index is 12.9. The molecule has 0 saturated carbocycles. The molecule has 0 fully saturated rings. The molecule has 4 rings (SSSR count). The van der Waals surface area contributed by atoms with Gasteiger partial charge in [0.05, 0.1) is 17.7 Å². The number of carbonyl (C=O) groups is 3. The predicted octanol–water partition coefficient (Wildman–Crippen LogP) is 2.56. The van der Waals surface area contributed by atoms with E-state index in [-0.39, 0.29) is 17.7 Å². The lowest BCUT2D eigenvalue weighted by Gasteiger charge is -2.29. The predicted molar refractivity (Wildman–Crippen MR) is 91.9 cm³/mol. The van der Waals surface area contributed by atoms with Crippen LogP contribution in [0.15, 0.2) is 73.3 Å². The second-order valence-electron chi connectivity index (χ2n) is 5.76. The first-order chi connectivity index (χ1) is 12.7. The second kappa shape index (κ2) is 6.29. The number of hydrogen-bond acceptors (Lipinski definition) is 4. The molecule has 3 amide bonds. The molecule has 0 bridgehead atoms. The molecule has 1 aromatic heterocycles. The summed E-state index contributed by atoms with van der Waals surface area (Å²) >= 11 is 0. The molecule has 1 aliphatic heterocycles. The molecule has 1 aliphatic rings. The molecule has 0 aliphatic carbocycles. The number of amides is 3. The van der Waals surface area contributed by atoms with Gasteiger partial charge in [-0.1, -0.05) is 42.5 Å². The number of imidazole rings is 1. The van der Waals surface area contributed by atoms with Gasteiger partial charge in [-0.15, -0.1) is 0 Å². The van der Waals surface area contributed by atoms with Crippen LogP contribution >= 0.6 is 0 Å². The number of fused-ring (bicyclic) bond motifs is 1. The summed E-state index contributed by atoms with van der Waals surface area (Å²) in [6.45, 7) is 0.0727. The van der Waals surface area contributed by atoms with Gasteiger partial charge in [0, 0.05) is 12.4 Å². The highest BCUT2D eigenvalue weighted by atomic mass is 16.2. The van der Waals surface area contributed by atoms with Crippen molar-refractivity contribution in [2.45, 2.75) is 6.54 Å². The standard InChI is InChI=1S/C19H14N4O3/c24-17-15-8-4-5-9-16(15)18(25)23(17)22(12-14-6-2-1-3-7-14)19(26)21-11-10-20-13-21/h1-11,13H,12H2. The smallest absolute Gasteiger partial charge is 0.267 e. The Kier molecular flexibility index (Phi) is 3.81. The average molecular weight is 346 g/mol. The van der Waals surface area contributed by atoms with E-state index < -0.39 is 17.8 Å². The van der Waals surface area contributed by atoms with E-state index in [9.17, 15) is 14.4 Å². The molecule has 0 radical (unpaired) electrons. The minimum Gasteiger partial charge on any atom is -0.267 e. The van der Waals surface area contributed by atoms with E-state index in [0.717, 1.165) is 15.6 Å². The molecule has 0 spiro atoms. The molecule has 7 nitrogen and oxygen atoms in total. The van der Waals surface area contributed by atoms with Crippen LogP contribution in [0.3, 0.4) is 0 Å². The normalized spacial score (nSPS) is 13.0. The topological polar surface area (TPSA) is 75.5 Å². The Hall–Kier alpha value is -3.74. The summed E-state index contributed by atoms with van der Waals surface area (Å²) in [7, 11) is 0. The maximum absolute atomic E-state index is 12.9. The fourth-order valence-electron chi connectivity index (χ4n) is 2.88. The number of aromatic nitrogens is 2. The largest absolute Gasteiger partial charge is 0.349 e. The van der Waals surface area contributed by atoms with Crippen molar-refractivity contribution in [1.29, 1.82) is 0 Å². The molecule has 2 heterocycles. The number of carbonyl (C=O) groups excluding carboxylic acids is 3. The van der Waals surface area contributed by atoms with Crippen molar-refractivity contribution in [2.24, 2.45) is 0 Å². The van der Waals surface area contributed by atoms with Crippen molar-refractivity contribution < 1.29 is 14.4 Å². The molecule has 2 aromatic carbocycles. The number of hydrazine groups is 1. The van der Waals surface area contributed by atoms with Crippen LogP contribution in [-0.4, -0.2) is 37.4 Å². The highest BCUT2D eigenvalue weighted by Crippen LogP contribution is 2.25. The zero-order valence-corrected chi connectivity index (χ0v) is 13.6. The van der Waals surface area contributed by atoms with Crippen LogP contribution in [-0.2, 0) is 6.54 Å². The van der Waals surface area contributed by atoms with Gasteiger partial charge in [0.15, 0.2) is 0 Å². The minimum absolute atomic E-state index is 0.0727. The fourth-order valence-corrected chi connectivity index (χ4v) is 2.88. The Labute approximate surface area is 149 Å². The first-order valence-electron chi connectivity index (χ1n) is 7.98. The lowest BCUT2D eigenvalue weighted by atomic mass is 10.1. The lowest BCUT2D eigenvalue weighted by molar-refractivity contribution is 0.0155. The molecular weight excluding hydrogens is 332 g/mol. The van der Waals surface area contributed by atoms with Crippen molar-refractivity contribution >= 4 is 17.8 Å². The van der Waals surface area contributed by atoms with E-state index >= 15 is 0 Å². The fraction of sp³-hybridized carbons (Fsp3) is 0.0526. The zero-order chi connectivity index (χ0) is 18.1. The minimum atomic E-state index is -0.541. The first-order valence-corrected chi connectivity index (χ1v) is 7.98. The molecule has 0 saturated heterocycles. The third kappa shape index (κ3) is 2.55. The van der Waals surface area contributed by atoms with Crippen LogP contribution in [0.5, 0.6) is 0 Å². The molecule has 0 N–H and O–H groups in total. The van der Waals surface area contributed by atoms with Gasteiger partial charge in [0.25, 0.3) is 11.8 Å². The highest BCUT2D eigenvalue weighted by molar-refractivity contribution is 6.21. The van der Waals surface area contributed by atoms with E-state index in [4.69, 9.17) is 0 Å². The molecule has 26 heavy (non-hydrogen) atoms. The lowest BCUT2D eigenvalue weighted by Crippen LogP contribution is -2.50. The Morgan fingerprint density at radius 2 is 1.54 bits per heavy atom. The third-order valence-electron chi connectivity index (χ3n) is 4.14. The van der Waals surface area contributed by atoms with Gasteiger partial charge in [-0.3, -0.25) is 14.2 Å². The van der Waals surface area contributed by atoms with E-state index in [1.165, 1.54) is 23.3 Å². The van der Waals surface area contributed by atoms with Crippen molar-refractivity contribution in [2.75, 3.05) is 0 Å². The SMILES string of the molecule is O=C1c2ccccc2C(=O)N1N(Cc1ccccc1)C(=O)n1ccnc1. The molecule has 128 valence electrons. The average Bonchev–Trinajstić information content (AvgIpc) is 3.29. The van der Waals surface area contributed by atoms with Gasteiger partial charge < -0.3 is 0 Å². The summed E-state index contributed by atoms with van der Waals surface area (Å²) in [5.74, 6) is -1.04. The molecule has 7 heteroatoms. The summed E-state index contributed by atoms with van der Waals surface area (Å²) in [6, 6.07) is 15.2. The Balaban J connectivity index is 1.75. The van der Waals surface area contributed by atoms with Gasteiger partial charge in [-0.2, -0.15) is 5.01 Å². The van der Waals surface area contributed by atoms with E-state index in [1.807, 2.05) is 30.3 Å². The Morgan fingerprint density at radius 1 is 0.923 bits per heavy atom. The summed E-state index contributed by atoms with van der Waals surface area (Å²) in [5.41, 5.74) is 1.36. The van der Waals surface area contributed by atoms with Gasteiger partial charge >= 0.3 is 6.03 Å². The van der Waals surface area contributed by atoms with Crippen LogP contribution in [0.4, 0.5) is 4.79 Å². The second-order valence-corrected chi connectivity index (χ2v) is 5.76. The summed E-state index contributed by atoms with van der Waals surface area (Å²) in [4.78, 5) is 42.4.